The number of nitrogens with zero attached hydrogens (tertiary/aromatic N) is 5. The second-order valence-corrected chi connectivity index (χ2v) is 7.40. The van der Waals surface area contributed by atoms with Crippen LogP contribution in [-0.2, 0) is 9.53 Å². The highest BCUT2D eigenvalue weighted by Gasteiger charge is 2.25. The van der Waals surface area contributed by atoms with Crippen molar-refractivity contribution in [2.24, 2.45) is 5.92 Å². The van der Waals surface area contributed by atoms with Gasteiger partial charge in [-0.25, -0.2) is 0 Å². The molecule has 0 aliphatic carbocycles. The molecule has 8 heteroatoms. The lowest BCUT2D eigenvalue weighted by atomic mass is 9.96. The summed E-state index contributed by atoms with van der Waals surface area (Å²) in [7, 11) is 1.63. The average molecular weight is 394 g/mol. The highest BCUT2D eigenvalue weighted by Crippen LogP contribution is 2.24. The third-order valence-electron chi connectivity index (χ3n) is 5.35. The Kier molecular flexibility index (Phi) is 5.71. The molecule has 1 amide bonds. The van der Waals surface area contributed by atoms with Gasteiger partial charge in [-0.2, -0.15) is 4.52 Å². The van der Waals surface area contributed by atoms with Crippen molar-refractivity contribution in [3.05, 3.63) is 42.0 Å². The molecular formula is C21H26N6O2. The molecule has 1 N–H and O–H groups in total. The summed E-state index contributed by atoms with van der Waals surface area (Å²) in [4.78, 5) is 14.5. The Bertz CT molecular complexity index is 977. The molecule has 29 heavy (non-hydrogen) atoms. The SMILES string of the molecule is COCCNC(=O)C1CCN(c2ccc3nnc(-c4ccc(C)cc4)n3n2)CC1. The maximum Gasteiger partial charge on any atom is 0.223 e. The van der Waals surface area contributed by atoms with Gasteiger partial charge in [0.05, 0.1) is 6.61 Å². The van der Waals surface area contributed by atoms with Crippen molar-refractivity contribution < 1.29 is 9.53 Å². The maximum absolute atomic E-state index is 12.3. The van der Waals surface area contributed by atoms with Gasteiger partial charge in [0, 0.05) is 38.2 Å². The maximum atomic E-state index is 12.3. The number of piperidine rings is 1. The summed E-state index contributed by atoms with van der Waals surface area (Å²) in [5, 5.41) is 16.3. The number of rotatable bonds is 6. The largest absolute Gasteiger partial charge is 0.383 e. The van der Waals surface area contributed by atoms with Crippen molar-refractivity contribution in [1.29, 1.82) is 0 Å². The number of anilines is 1. The van der Waals surface area contributed by atoms with Crippen molar-refractivity contribution in [3.63, 3.8) is 0 Å². The second kappa shape index (κ2) is 8.57. The van der Waals surface area contributed by atoms with E-state index in [1.165, 1.54) is 5.56 Å². The Morgan fingerprint density at radius 1 is 1.14 bits per heavy atom. The van der Waals surface area contributed by atoms with E-state index in [2.05, 4.69) is 39.5 Å². The molecule has 0 spiro atoms. The van der Waals surface area contributed by atoms with Crippen LogP contribution in [-0.4, -0.2) is 59.1 Å². The van der Waals surface area contributed by atoms with Crippen LogP contribution in [0, 0.1) is 12.8 Å². The first kappa shape index (κ1) is 19.3. The van der Waals surface area contributed by atoms with E-state index in [0.717, 1.165) is 48.8 Å². The molecule has 0 saturated carbocycles. The monoisotopic (exact) mass is 394 g/mol. The minimum absolute atomic E-state index is 0.0462. The molecule has 3 heterocycles. The van der Waals surface area contributed by atoms with Gasteiger partial charge in [0.2, 0.25) is 5.91 Å². The number of carbonyl (C=O) groups is 1. The van der Waals surface area contributed by atoms with E-state index >= 15 is 0 Å². The summed E-state index contributed by atoms with van der Waals surface area (Å²) >= 11 is 0. The molecule has 8 nitrogen and oxygen atoms in total. The first-order valence-electron chi connectivity index (χ1n) is 9.97. The van der Waals surface area contributed by atoms with Crippen molar-refractivity contribution in [1.82, 2.24) is 25.1 Å². The van der Waals surface area contributed by atoms with Gasteiger partial charge in [0.25, 0.3) is 0 Å². The summed E-state index contributed by atoms with van der Waals surface area (Å²) in [6, 6.07) is 12.1. The number of fused-ring (bicyclic) bond motifs is 1. The van der Waals surface area contributed by atoms with Gasteiger partial charge in [0.15, 0.2) is 11.5 Å². The lowest BCUT2D eigenvalue weighted by molar-refractivity contribution is -0.125. The summed E-state index contributed by atoms with van der Waals surface area (Å²) < 4.78 is 6.78. The van der Waals surface area contributed by atoms with Crippen LogP contribution in [0.5, 0.6) is 0 Å². The predicted octanol–water partition coefficient (Wildman–Crippen LogP) is 2.08. The van der Waals surface area contributed by atoms with Crippen LogP contribution in [0.2, 0.25) is 0 Å². The van der Waals surface area contributed by atoms with E-state index < -0.39 is 0 Å². The van der Waals surface area contributed by atoms with E-state index in [-0.39, 0.29) is 11.8 Å². The molecule has 4 rings (SSSR count). The third kappa shape index (κ3) is 4.22. The van der Waals surface area contributed by atoms with Crippen molar-refractivity contribution in [2.45, 2.75) is 19.8 Å². The molecule has 1 aliphatic heterocycles. The molecule has 2 aromatic heterocycles. The molecule has 1 aliphatic rings. The summed E-state index contributed by atoms with van der Waals surface area (Å²) in [5.41, 5.74) is 2.90. The molecule has 0 unspecified atom stereocenters. The number of methoxy groups -OCH3 is 1. The van der Waals surface area contributed by atoms with Gasteiger partial charge in [0.1, 0.15) is 5.82 Å². The van der Waals surface area contributed by atoms with Gasteiger partial charge in [-0.05, 0) is 31.9 Å². The van der Waals surface area contributed by atoms with Crippen LogP contribution in [0.1, 0.15) is 18.4 Å². The smallest absolute Gasteiger partial charge is 0.223 e. The first-order chi connectivity index (χ1) is 14.2. The van der Waals surface area contributed by atoms with Gasteiger partial charge < -0.3 is 15.0 Å². The number of nitrogens with one attached hydrogen (secondary N) is 1. The molecular weight excluding hydrogens is 368 g/mol. The highest BCUT2D eigenvalue weighted by atomic mass is 16.5. The van der Waals surface area contributed by atoms with E-state index in [1.54, 1.807) is 11.6 Å². The summed E-state index contributed by atoms with van der Waals surface area (Å²) in [6.07, 6.45) is 1.62. The number of hydrogen-bond donors (Lipinski definition) is 1. The number of hydrogen-bond acceptors (Lipinski definition) is 6. The molecule has 152 valence electrons. The molecule has 1 saturated heterocycles. The Morgan fingerprint density at radius 3 is 2.62 bits per heavy atom. The molecule has 0 atom stereocenters. The van der Waals surface area contributed by atoms with E-state index in [9.17, 15) is 4.79 Å². The van der Waals surface area contributed by atoms with Crippen LogP contribution < -0.4 is 10.2 Å². The van der Waals surface area contributed by atoms with Crippen LogP contribution in [0.25, 0.3) is 17.0 Å². The zero-order valence-electron chi connectivity index (χ0n) is 16.8. The molecule has 1 aromatic carbocycles. The Morgan fingerprint density at radius 2 is 1.90 bits per heavy atom. The summed E-state index contributed by atoms with van der Waals surface area (Å²) in [6.45, 7) is 4.75. The van der Waals surface area contributed by atoms with Gasteiger partial charge in [-0.3, -0.25) is 4.79 Å². The topological polar surface area (TPSA) is 84.6 Å². The first-order valence-corrected chi connectivity index (χ1v) is 9.97. The van der Waals surface area contributed by atoms with E-state index in [0.29, 0.717) is 13.2 Å². The third-order valence-corrected chi connectivity index (χ3v) is 5.35. The molecule has 1 fully saturated rings. The van der Waals surface area contributed by atoms with Gasteiger partial charge in [-0.15, -0.1) is 15.3 Å². The number of carbonyl (C=O) groups excluding carboxylic acids is 1. The van der Waals surface area contributed by atoms with Crippen LogP contribution in [0.4, 0.5) is 5.82 Å². The van der Waals surface area contributed by atoms with Gasteiger partial charge >= 0.3 is 0 Å². The lowest BCUT2D eigenvalue weighted by Crippen LogP contribution is -2.41. The van der Waals surface area contributed by atoms with Crippen LogP contribution >= 0.6 is 0 Å². The average Bonchev–Trinajstić information content (AvgIpc) is 3.18. The minimum Gasteiger partial charge on any atom is -0.383 e. The number of aromatic nitrogens is 4. The molecule has 0 radical (unpaired) electrons. The fourth-order valence-electron chi connectivity index (χ4n) is 3.62. The predicted molar refractivity (Wildman–Crippen MR) is 111 cm³/mol. The van der Waals surface area contributed by atoms with Crippen LogP contribution in [0.3, 0.4) is 0 Å². The quantitative estimate of drug-likeness (QED) is 0.645. The summed E-state index contributed by atoms with van der Waals surface area (Å²) in [5.74, 6) is 1.77. The van der Waals surface area contributed by atoms with E-state index in [1.807, 2.05) is 24.3 Å². The number of ether oxygens (including phenoxy) is 1. The van der Waals surface area contributed by atoms with Crippen LogP contribution in [0.15, 0.2) is 36.4 Å². The van der Waals surface area contributed by atoms with E-state index in [4.69, 9.17) is 9.84 Å². The Labute approximate surface area is 169 Å². The zero-order valence-corrected chi connectivity index (χ0v) is 16.8. The van der Waals surface area contributed by atoms with Crippen molar-refractivity contribution >= 4 is 17.4 Å². The number of benzene rings is 1. The van der Waals surface area contributed by atoms with Crippen molar-refractivity contribution in [3.8, 4) is 11.4 Å². The fraction of sp³-hybridized carbons (Fsp3) is 0.429. The highest BCUT2D eigenvalue weighted by molar-refractivity contribution is 5.79. The normalized spacial score (nSPS) is 15.0. The van der Waals surface area contributed by atoms with Gasteiger partial charge in [-0.1, -0.05) is 29.8 Å². The van der Waals surface area contributed by atoms with Crippen molar-refractivity contribution in [2.75, 3.05) is 38.3 Å². The zero-order chi connectivity index (χ0) is 20.2. The number of aryl methyl sites for hydroxylation is 1. The molecule has 3 aromatic rings. The Hall–Kier alpha value is -3.00. The second-order valence-electron chi connectivity index (χ2n) is 7.40. The molecule has 0 bridgehead atoms. The fourth-order valence-corrected chi connectivity index (χ4v) is 3.62. The number of amides is 1. The lowest BCUT2D eigenvalue weighted by Gasteiger charge is -2.32. The Balaban J connectivity index is 1.47. The minimum atomic E-state index is 0.0462. The standard InChI is InChI=1S/C21H26N6O2/c1-15-3-5-16(6-4-15)20-24-23-18-7-8-19(25-27(18)20)26-12-9-17(10-13-26)21(28)22-11-14-29-2/h3-8,17H,9-14H2,1-2H3,(H,22,28).